The van der Waals surface area contributed by atoms with E-state index in [1.165, 1.54) is 4.90 Å². The van der Waals surface area contributed by atoms with Crippen molar-refractivity contribution < 1.29 is 14.6 Å². The lowest BCUT2D eigenvalue weighted by Gasteiger charge is -2.37. The lowest BCUT2D eigenvalue weighted by Crippen LogP contribution is -2.55. The van der Waals surface area contributed by atoms with E-state index in [4.69, 9.17) is 27.9 Å². The van der Waals surface area contributed by atoms with Gasteiger partial charge in [0.05, 0.1) is 0 Å². The Bertz CT molecular complexity index is 825. The van der Waals surface area contributed by atoms with Crippen molar-refractivity contribution in [2.24, 2.45) is 5.92 Å². The highest BCUT2D eigenvalue weighted by Gasteiger charge is 2.61. The summed E-state index contributed by atoms with van der Waals surface area (Å²) in [5.74, 6) is 0.835. The first-order chi connectivity index (χ1) is 13.8. The summed E-state index contributed by atoms with van der Waals surface area (Å²) < 4.78 is 6.44. The molecule has 29 heavy (non-hydrogen) atoms. The van der Waals surface area contributed by atoms with Crippen LogP contribution in [0.2, 0.25) is 0 Å². The van der Waals surface area contributed by atoms with E-state index in [0.29, 0.717) is 24.6 Å². The molecule has 2 N–H and O–H groups in total. The lowest BCUT2D eigenvalue weighted by atomic mass is 9.94. The number of phenolic OH excluding ortho intramolecular Hbond substituents is 1. The van der Waals surface area contributed by atoms with Crippen LogP contribution < -0.4 is 10.1 Å². The molecule has 7 heteroatoms. The number of rotatable bonds is 8. The van der Waals surface area contributed by atoms with Crippen molar-refractivity contribution in [3.63, 3.8) is 0 Å². The fourth-order valence-electron chi connectivity index (χ4n) is 4.11. The van der Waals surface area contributed by atoms with E-state index in [9.17, 15) is 9.90 Å². The number of benzene rings is 1. The van der Waals surface area contributed by atoms with E-state index >= 15 is 0 Å². The lowest BCUT2D eigenvalue weighted by molar-refractivity contribution is -0.136. The van der Waals surface area contributed by atoms with Crippen molar-refractivity contribution in [3.05, 3.63) is 33.3 Å². The smallest absolute Gasteiger partial charge is 0.269 e. The fourth-order valence-corrected chi connectivity index (χ4v) is 4.73. The molecule has 5 nitrogen and oxygen atoms in total. The van der Waals surface area contributed by atoms with Crippen LogP contribution in [0.1, 0.15) is 63.6 Å². The number of halogens is 2. The van der Waals surface area contributed by atoms with Crippen molar-refractivity contribution in [1.82, 2.24) is 10.2 Å². The van der Waals surface area contributed by atoms with Gasteiger partial charge in [0.15, 0.2) is 0 Å². The number of unbranched alkanes of at least 4 members (excludes halogenated alkanes) is 3. The Labute approximate surface area is 183 Å². The van der Waals surface area contributed by atoms with E-state index in [-0.39, 0.29) is 27.8 Å². The van der Waals surface area contributed by atoms with E-state index in [1.54, 1.807) is 13.1 Å². The molecule has 0 unspecified atom stereocenters. The van der Waals surface area contributed by atoms with Gasteiger partial charge in [0.1, 0.15) is 27.6 Å². The second kappa shape index (κ2) is 8.75. The molecular weight excluding hydrogens is 411 g/mol. The number of ether oxygens (including phenoxy) is 1. The van der Waals surface area contributed by atoms with Crippen molar-refractivity contribution in [2.75, 3.05) is 13.6 Å². The number of aromatic hydroxyl groups is 1. The van der Waals surface area contributed by atoms with E-state index in [2.05, 4.69) is 26.1 Å². The predicted molar refractivity (Wildman–Crippen MR) is 116 cm³/mol. The molecule has 2 aliphatic rings. The Balaban J connectivity index is 2.05. The SMILES string of the molecule is CCCCCCc1c(O)ccc2c1O[C@@]1(C(Cl)=C(Cl)C(=O)N1C)[C@H]2NCC(C)C. The number of amides is 1. The van der Waals surface area contributed by atoms with Gasteiger partial charge in [0, 0.05) is 18.2 Å². The van der Waals surface area contributed by atoms with Crippen molar-refractivity contribution in [3.8, 4) is 11.5 Å². The van der Waals surface area contributed by atoms with E-state index in [1.807, 2.05) is 6.07 Å². The third-order valence-electron chi connectivity index (χ3n) is 5.73. The molecule has 2 heterocycles. The van der Waals surface area contributed by atoms with E-state index in [0.717, 1.165) is 36.8 Å². The minimum atomic E-state index is -1.24. The second-order valence-corrected chi connectivity index (χ2v) is 9.07. The first-order valence-electron chi connectivity index (χ1n) is 10.4. The molecule has 2 aliphatic heterocycles. The summed E-state index contributed by atoms with van der Waals surface area (Å²) in [4.78, 5) is 14.1. The number of hydrogen-bond acceptors (Lipinski definition) is 4. The number of carbonyl (C=O) groups is 1. The van der Waals surface area contributed by atoms with Crippen LogP contribution in [-0.4, -0.2) is 35.2 Å². The average Bonchev–Trinajstić information content (AvgIpc) is 3.10. The highest BCUT2D eigenvalue weighted by Crippen LogP contribution is 2.56. The molecule has 0 saturated heterocycles. The topological polar surface area (TPSA) is 61.8 Å². The van der Waals surface area contributed by atoms with Crippen molar-refractivity contribution in [2.45, 2.75) is 64.6 Å². The third kappa shape index (κ3) is 3.73. The number of hydrogen-bond donors (Lipinski definition) is 2. The molecule has 1 aromatic rings. The molecule has 0 aromatic heterocycles. The minimum absolute atomic E-state index is 0.0213. The molecule has 1 spiro atoms. The van der Waals surface area contributed by atoms with Crippen LogP contribution in [0.4, 0.5) is 0 Å². The first-order valence-corrected chi connectivity index (χ1v) is 11.1. The zero-order chi connectivity index (χ0) is 21.3. The summed E-state index contributed by atoms with van der Waals surface area (Å²) in [6.45, 7) is 7.10. The van der Waals surface area contributed by atoms with Gasteiger partial charge in [-0.3, -0.25) is 9.69 Å². The van der Waals surface area contributed by atoms with Crippen LogP contribution in [0.3, 0.4) is 0 Å². The van der Waals surface area contributed by atoms with Gasteiger partial charge in [-0.05, 0) is 37.4 Å². The quantitative estimate of drug-likeness (QED) is 0.555. The number of nitrogens with one attached hydrogen (secondary N) is 1. The normalized spacial score (nSPS) is 23.5. The molecule has 0 radical (unpaired) electrons. The highest BCUT2D eigenvalue weighted by atomic mass is 35.5. The van der Waals surface area contributed by atoms with Crippen LogP contribution in [-0.2, 0) is 11.2 Å². The Hall–Kier alpha value is -1.43. The zero-order valence-corrected chi connectivity index (χ0v) is 19.0. The Kier molecular flexibility index (Phi) is 6.71. The third-order valence-corrected chi connectivity index (χ3v) is 6.64. The summed E-state index contributed by atoms with van der Waals surface area (Å²) in [5.41, 5.74) is 0.414. The summed E-state index contributed by atoms with van der Waals surface area (Å²) in [5, 5.41) is 14.2. The molecule has 0 aliphatic carbocycles. The summed E-state index contributed by atoms with van der Waals surface area (Å²) in [6.07, 6.45) is 5.04. The predicted octanol–water partition coefficient (Wildman–Crippen LogP) is 5.05. The van der Waals surface area contributed by atoms with Crippen molar-refractivity contribution >= 4 is 29.1 Å². The summed E-state index contributed by atoms with van der Waals surface area (Å²) in [6, 6.07) is 3.17. The fraction of sp³-hybridized carbons (Fsp3) is 0.591. The van der Waals surface area contributed by atoms with Crippen LogP contribution in [0.15, 0.2) is 22.2 Å². The van der Waals surface area contributed by atoms with Gasteiger partial charge in [0.25, 0.3) is 5.91 Å². The number of nitrogens with zero attached hydrogens (tertiary/aromatic N) is 1. The summed E-state index contributed by atoms with van der Waals surface area (Å²) in [7, 11) is 1.65. The standard InChI is InChI=1S/C22H30Cl2N2O3/c1-5-6-7-8-9-14-16(27)11-10-15-18(14)29-22(20(15)25-12-13(2)3)19(24)17(23)21(28)26(22)4/h10-11,13,20,25,27H,5-9,12H2,1-4H3/t20-,22-/m0/s1. The number of phenols is 1. The highest BCUT2D eigenvalue weighted by molar-refractivity contribution is 6.50. The maximum atomic E-state index is 12.6. The number of carbonyl (C=O) groups excluding carboxylic acids is 1. The maximum Gasteiger partial charge on any atom is 0.269 e. The van der Waals surface area contributed by atoms with Crippen LogP contribution in [0, 0.1) is 5.92 Å². The van der Waals surface area contributed by atoms with Crippen molar-refractivity contribution in [1.29, 1.82) is 0 Å². The van der Waals surface area contributed by atoms with Crippen LogP contribution >= 0.6 is 23.2 Å². The Morgan fingerprint density at radius 3 is 2.59 bits per heavy atom. The molecule has 0 saturated carbocycles. The Morgan fingerprint density at radius 1 is 1.28 bits per heavy atom. The van der Waals surface area contributed by atoms with Gasteiger partial charge in [-0.15, -0.1) is 0 Å². The first kappa shape index (κ1) is 22.3. The molecule has 2 atom stereocenters. The van der Waals surface area contributed by atoms with Gasteiger partial charge in [-0.1, -0.05) is 63.2 Å². The minimum Gasteiger partial charge on any atom is -0.508 e. The maximum absolute atomic E-state index is 12.6. The number of fused-ring (bicyclic) bond motifs is 1. The molecule has 3 rings (SSSR count). The Morgan fingerprint density at radius 2 is 2.00 bits per heavy atom. The molecule has 1 aromatic carbocycles. The molecular formula is C22H30Cl2N2O3. The average molecular weight is 441 g/mol. The molecule has 1 amide bonds. The van der Waals surface area contributed by atoms with E-state index < -0.39 is 5.72 Å². The van der Waals surface area contributed by atoms with Crippen LogP contribution in [0.25, 0.3) is 0 Å². The van der Waals surface area contributed by atoms with Gasteiger partial charge >= 0.3 is 0 Å². The van der Waals surface area contributed by atoms with Gasteiger partial charge < -0.3 is 15.2 Å². The van der Waals surface area contributed by atoms with Crippen LogP contribution in [0.5, 0.6) is 11.5 Å². The number of likely N-dealkylation sites (N-methyl/N-ethyl adjacent to an activating group) is 1. The van der Waals surface area contributed by atoms with Gasteiger partial charge in [0.2, 0.25) is 5.72 Å². The van der Waals surface area contributed by atoms with Gasteiger partial charge in [-0.25, -0.2) is 0 Å². The monoisotopic (exact) mass is 440 g/mol. The zero-order valence-electron chi connectivity index (χ0n) is 17.5. The molecule has 0 bridgehead atoms. The summed E-state index contributed by atoms with van der Waals surface area (Å²) >= 11 is 12.8. The van der Waals surface area contributed by atoms with Gasteiger partial charge in [-0.2, -0.15) is 0 Å². The molecule has 0 fully saturated rings. The second-order valence-electron chi connectivity index (χ2n) is 8.32. The largest absolute Gasteiger partial charge is 0.508 e. The molecule has 160 valence electrons.